The van der Waals surface area contributed by atoms with Crippen molar-refractivity contribution < 1.29 is 27.5 Å². The second-order valence-corrected chi connectivity index (χ2v) is 5.79. The first-order chi connectivity index (χ1) is 11.3. The van der Waals surface area contributed by atoms with Crippen molar-refractivity contribution in [1.82, 2.24) is 15.1 Å². The van der Waals surface area contributed by atoms with Gasteiger partial charge in [0.05, 0.1) is 6.04 Å². The van der Waals surface area contributed by atoms with Gasteiger partial charge in [-0.05, 0) is 17.7 Å². The highest BCUT2D eigenvalue weighted by Crippen LogP contribution is 2.24. The van der Waals surface area contributed by atoms with Gasteiger partial charge in [-0.2, -0.15) is 0 Å². The molecule has 2 aliphatic heterocycles. The molecule has 1 N–H and O–H groups in total. The van der Waals surface area contributed by atoms with Crippen LogP contribution in [0.4, 0.5) is 13.2 Å². The zero-order chi connectivity index (χ0) is 17.3. The van der Waals surface area contributed by atoms with Crippen molar-refractivity contribution in [2.75, 3.05) is 26.2 Å². The minimum absolute atomic E-state index is 0.112. The van der Waals surface area contributed by atoms with Gasteiger partial charge in [0.15, 0.2) is 0 Å². The molecule has 0 radical (unpaired) electrons. The number of benzene rings is 1. The summed E-state index contributed by atoms with van der Waals surface area (Å²) in [7, 11) is 0. The van der Waals surface area contributed by atoms with Gasteiger partial charge in [0.2, 0.25) is 0 Å². The third-order valence-electron chi connectivity index (χ3n) is 4.06. The quantitative estimate of drug-likeness (QED) is 0.822. The zero-order valence-electron chi connectivity index (χ0n) is 12.7. The van der Waals surface area contributed by atoms with Gasteiger partial charge in [-0.15, -0.1) is 13.2 Å². The Balaban J connectivity index is 1.62. The molecule has 9 heteroatoms. The second-order valence-electron chi connectivity index (χ2n) is 5.79. The van der Waals surface area contributed by atoms with Gasteiger partial charge in [-0.25, -0.2) is 0 Å². The Labute approximate surface area is 136 Å². The number of nitrogens with zero attached hydrogens (tertiary/aromatic N) is 2. The van der Waals surface area contributed by atoms with Gasteiger partial charge < -0.3 is 15.0 Å². The number of rotatable bonds is 3. The van der Waals surface area contributed by atoms with E-state index in [9.17, 15) is 22.8 Å². The molecule has 0 aliphatic carbocycles. The molecule has 3 rings (SSSR count). The Morgan fingerprint density at radius 2 is 2.04 bits per heavy atom. The van der Waals surface area contributed by atoms with Crippen LogP contribution in [0.25, 0.3) is 0 Å². The molecule has 0 unspecified atom stereocenters. The highest BCUT2D eigenvalue weighted by atomic mass is 19.4. The van der Waals surface area contributed by atoms with Crippen molar-refractivity contribution in [2.24, 2.45) is 0 Å². The predicted molar refractivity (Wildman–Crippen MR) is 76.9 cm³/mol. The summed E-state index contributed by atoms with van der Waals surface area (Å²) < 4.78 is 40.8. The zero-order valence-corrected chi connectivity index (χ0v) is 12.7. The number of amides is 2. The maximum atomic E-state index is 12.3. The molecule has 6 nitrogen and oxygen atoms in total. The summed E-state index contributed by atoms with van der Waals surface area (Å²) in [5.74, 6) is -1.36. The van der Waals surface area contributed by atoms with Crippen LogP contribution in [-0.2, 0) is 16.1 Å². The van der Waals surface area contributed by atoms with Crippen molar-refractivity contribution in [3.05, 3.63) is 29.8 Å². The smallest absolute Gasteiger partial charge is 0.406 e. The minimum atomic E-state index is -4.72. The number of piperazine rings is 2. The third-order valence-corrected chi connectivity index (χ3v) is 4.06. The monoisotopic (exact) mass is 343 g/mol. The number of hydrogen-bond donors (Lipinski definition) is 1. The standard InChI is InChI=1S/C15H16F3N3O3/c16-15(17,18)24-12-3-1-2-10(6-12)8-20-4-5-21-11(9-20)7-19-13(22)14(21)23/h1-3,6,11H,4-5,7-9H2,(H,19,22)/t11-/m1/s1. The first kappa shape index (κ1) is 16.6. The number of alkyl halides is 3. The molecule has 1 aromatic carbocycles. The van der Waals surface area contributed by atoms with E-state index in [2.05, 4.69) is 10.1 Å². The lowest BCUT2D eigenvalue weighted by molar-refractivity contribution is -0.274. The molecule has 2 heterocycles. The minimum Gasteiger partial charge on any atom is -0.406 e. The van der Waals surface area contributed by atoms with Crippen LogP contribution >= 0.6 is 0 Å². The van der Waals surface area contributed by atoms with Crippen molar-refractivity contribution in [3.63, 3.8) is 0 Å². The Morgan fingerprint density at radius 3 is 2.79 bits per heavy atom. The number of carbonyl (C=O) groups excluding carboxylic acids is 2. The van der Waals surface area contributed by atoms with E-state index in [4.69, 9.17) is 0 Å². The average Bonchev–Trinajstić information content (AvgIpc) is 2.50. The Kier molecular flexibility index (Phi) is 4.35. The summed E-state index contributed by atoms with van der Waals surface area (Å²) in [6.07, 6.45) is -4.72. The normalized spacial score (nSPS) is 22.1. The van der Waals surface area contributed by atoms with Gasteiger partial charge in [-0.3, -0.25) is 14.5 Å². The van der Waals surface area contributed by atoms with Crippen LogP contribution in [0.3, 0.4) is 0 Å². The highest BCUT2D eigenvalue weighted by molar-refractivity contribution is 6.35. The molecule has 1 aromatic rings. The fraction of sp³-hybridized carbons (Fsp3) is 0.467. The molecule has 0 saturated carbocycles. The molecule has 2 aliphatic rings. The maximum absolute atomic E-state index is 12.3. The molecule has 2 fully saturated rings. The molecule has 1 atom stereocenters. The van der Waals surface area contributed by atoms with Crippen molar-refractivity contribution in [1.29, 1.82) is 0 Å². The summed E-state index contributed by atoms with van der Waals surface area (Å²) in [5, 5.41) is 2.55. The number of halogens is 3. The second kappa shape index (κ2) is 6.31. The summed E-state index contributed by atoms with van der Waals surface area (Å²) in [6, 6.07) is 5.73. The first-order valence-electron chi connectivity index (χ1n) is 7.48. The van der Waals surface area contributed by atoms with Gasteiger partial charge in [-0.1, -0.05) is 12.1 Å². The SMILES string of the molecule is O=C1NC[C@@H]2CN(Cc3cccc(OC(F)(F)F)c3)CCN2C1=O. The van der Waals surface area contributed by atoms with E-state index in [1.165, 1.54) is 18.2 Å². The van der Waals surface area contributed by atoms with E-state index in [1.54, 1.807) is 11.0 Å². The third kappa shape index (κ3) is 3.78. The molecular formula is C15H16F3N3O3. The number of ether oxygens (including phenoxy) is 1. The van der Waals surface area contributed by atoms with Crippen molar-refractivity contribution in [2.45, 2.75) is 18.9 Å². The fourth-order valence-electron chi connectivity index (χ4n) is 3.02. The molecular weight excluding hydrogens is 327 g/mol. The lowest BCUT2D eigenvalue weighted by atomic mass is 10.1. The first-order valence-corrected chi connectivity index (χ1v) is 7.48. The lowest BCUT2D eigenvalue weighted by Crippen LogP contribution is -2.65. The van der Waals surface area contributed by atoms with E-state index < -0.39 is 18.2 Å². The number of carbonyl (C=O) groups is 2. The molecule has 0 spiro atoms. The maximum Gasteiger partial charge on any atom is 0.573 e. The van der Waals surface area contributed by atoms with Gasteiger partial charge in [0.1, 0.15) is 5.75 Å². The van der Waals surface area contributed by atoms with Gasteiger partial charge in [0, 0.05) is 32.7 Å². The fourth-order valence-corrected chi connectivity index (χ4v) is 3.02. The topological polar surface area (TPSA) is 61.9 Å². The van der Waals surface area contributed by atoms with Crippen LogP contribution in [0.5, 0.6) is 5.75 Å². The van der Waals surface area contributed by atoms with Crippen LogP contribution in [0.1, 0.15) is 5.56 Å². The molecule has 2 saturated heterocycles. The van der Waals surface area contributed by atoms with Crippen LogP contribution in [-0.4, -0.2) is 60.2 Å². The highest BCUT2D eigenvalue weighted by Gasteiger charge is 2.37. The Bertz CT molecular complexity index is 650. The average molecular weight is 343 g/mol. The lowest BCUT2D eigenvalue weighted by Gasteiger charge is -2.43. The van der Waals surface area contributed by atoms with Crippen LogP contribution < -0.4 is 10.1 Å². The van der Waals surface area contributed by atoms with Crippen LogP contribution in [0.15, 0.2) is 24.3 Å². The molecule has 130 valence electrons. The molecule has 24 heavy (non-hydrogen) atoms. The summed E-state index contributed by atoms with van der Waals surface area (Å²) >= 11 is 0. The van der Waals surface area contributed by atoms with Crippen molar-refractivity contribution in [3.8, 4) is 5.75 Å². The number of nitrogens with one attached hydrogen (secondary N) is 1. The summed E-state index contributed by atoms with van der Waals surface area (Å²) in [6.45, 7) is 2.37. The largest absolute Gasteiger partial charge is 0.573 e. The number of hydrogen-bond acceptors (Lipinski definition) is 4. The summed E-state index contributed by atoms with van der Waals surface area (Å²) in [4.78, 5) is 26.7. The van der Waals surface area contributed by atoms with Gasteiger partial charge >= 0.3 is 18.2 Å². The Hall–Kier alpha value is -2.29. The molecule has 2 amide bonds. The van der Waals surface area contributed by atoms with E-state index in [0.717, 1.165) is 0 Å². The van der Waals surface area contributed by atoms with Crippen LogP contribution in [0.2, 0.25) is 0 Å². The Morgan fingerprint density at radius 1 is 1.25 bits per heavy atom. The van der Waals surface area contributed by atoms with Crippen LogP contribution in [0, 0.1) is 0 Å². The molecule has 0 bridgehead atoms. The molecule has 0 aromatic heterocycles. The van der Waals surface area contributed by atoms with E-state index >= 15 is 0 Å². The number of fused-ring (bicyclic) bond motifs is 1. The van der Waals surface area contributed by atoms with E-state index in [0.29, 0.717) is 38.3 Å². The van der Waals surface area contributed by atoms with Gasteiger partial charge in [0.25, 0.3) is 0 Å². The van der Waals surface area contributed by atoms with Crippen molar-refractivity contribution >= 4 is 11.8 Å². The van der Waals surface area contributed by atoms with E-state index in [-0.39, 0.29) is 11.8 Å². The summed E-state index contributed by atoms with van der Waals surface area (Å²) in [5.41, 5.74) is 0.691. The predicted octanol–water partition coefficient (Wildman–Crippen LogP) is 0.728. The van der Waals surface area contributed by atoms with E-state index in [1.807, 2.05) is 4.90 Å².